The van der Waals surface area contributed by atoms with Crippen molar-refractivity contribution in [3.63, 3.8) is 0 Å². The van der Waals surface area contributed by atoms with Gasteiger partial charge < -0.3 is 10.2 Å². The van der Waals surface area contributed by atoms with Gasteiger partial charge in [0.1, 0.15) is 0 Å². The normalized spacial score (nSPS) is 19.5. The van der Waals surface area contributed by atoms with Gasteiger partial charge in [0.25, 0.3) is 0 Å². The molecule has 0 spiro atoms. The van der Waals surface area contributed by atoms with Crippen LogP contribution in [0.1, 0.15) is 38.6 Å². The van der Waals surface area contributed by atoms with Gasteiger partial charge in [-0.1, -0.05) is 13.0 Å². The molecule has 1 fully saturated rings. The van der Waals surface area contributed by atoms with Crippen LogP contribution in [-0.4, -0.2) is 45.2 Å². The van der Waals surface area contributed by atoms with E-state index < -0.39 is 0 Å². The molecule has 1 aliphatic rings. The van der Waals surface area contributed by atoms with Crippen LogP contribution in [0.4, 0.5) is 0 Å². The lowest BCUT2D eigenvalue weighted by molar-refractivity contribution is 0.199. The molecule has 3 rings (SSSR count). The lowest BCUT2D eigenvalue weighted by Crippen LogP contribution is -2.43. The minimum atomic E-state index is 0.227. The predicted molar refractivity (Wildman–Crippen MR) is 79.7 cm³/mol. The van der Waals surface area contributed by atoms with Crippen molar-refractivity contribution in [2.24, 2.45) is 0 Å². The summed E-state index contributed by atoms with van der Waals surface area (Å²) >= 11 is 0. The predicted octanol–water partition coefficient (Wildman–Crippen LogP) is 1.86. The Morgan fingerprint density at radius 3 is 2.85 bits per heavy atom. The minimum absolute atomic E-state index is 0.227. The Bertz CT molecular complexity index is 556. The summed E-state index contributed by atoms with van der Waals surface area (Å²) in [5.74, 6) is 0.999. The van der Waals surface area contributed by atoms with Gasteiger partial charge in [0.15, 0.2) is 11.5 Å². The van der Waals surface area contributed by atoms with E-state index in [2.05, 4.69) is 38.7 Å². The Morgan fingerprint density at radius 1 is 1.30 bits per heavy atom. The smallest absolute Gasteiger partial charge is 0.160 e. The van der Waals surface area contributed by atoms with E-state index in [4.69, 9.17) is 0 Å². The van der Waals surface area contributed by atoms with Crippen molar-refractivity contribution in [2.45, 2.75) is 38.8 Å². The Kier molecular flexibility index (Phi) is 3.98. The van der Waals surface area contributed by atoms with Gasteiger partial charge in [0.2, 0.25) is 0 Å². The van der Waals surface area contributed by atoms with Crippen molar-refractivity contribution in [1.82, 2.24) is 24.8 Å². The molecule has 1 N–H and O–H groups in total. The summed E-state index contributed by atoms with van der Waals surface area (Å²) in [5, 5.41) is 12.3. The van der Waals surface area contributed by atoms with Gasteiger partial charge in [0.05, 0.1) is 6.04 Å². The number of aromatic nitrogens is 3. The summed E-state index contributed by atoms with van der Waals surface area (Å²) < 4.78 is 2.07. The molecule has 3 heterocycles. The Morgan fingerprint density at radius 2 is 2.10 bits per heavy atom. The second kappa shape index (κ2) is 5.89. The molecule has 1 unspecified atom stereocenters. The van der Waals surface area contributed by atoms with Gasteiger partial charge >= 0.3 is 0 Å². The Hall–Kier alpha value is -1.46. The van der Waals surface area contributed by atoms with E-state index in [-0.39, 0.29) is 6.04 Å². The molecule has 0 aliphatic carbocycles. The lowest BCUT2D eigenvalue weighted by Gasteiger charge is -2.32. The van der Waals surface area contributed by atoms with E-state index in [9.17, 15) is 0 Å². The zero-order chi connectivity index (χ0) is 13.9. The third-order valence-corrected chi connectivity index (χ3v) is 4.25. The molecule has 5 heteroatoms. The molecule has 0 amide bonds. The highest BCUT2D eigenvalue weighted by atomic mass is 15.3. The van der Waals surface area contributed by atoms with Crippen LogP contribution in [0.15, 0.2) is 24.4 Å². The highest BCUT2D eigenvalue weighted by molar-refractivity contribution is 5.37. The van der Waals surface area contributed by atoms with E-state index >= 15 is 0 Å². The molecule has 0 radical (unpaired) electrons. The van der Waals surface area contributed by atoms with E-state index in [0.29, 0.717) is 6.04 Å². The third kappa shape index (κ3) is 2.69. The molecular weight excluding hydrogens is 250 g/mol. The van der Waals surface area contributed by atoms with Crippen molar-refractivity contribution >= 4 is 5.65 Å². The van der Waals surface area contributed by atoms with Gasteiger partial charge in [0, 0.05) is 12.2 Å². The van der Waals surface area contributed by atoms with Crippen molar-refractivity contribution in [1.29, 1.82) is 0 Å². The first kappa shape index (κ1) is 13.5. The minimum Gasteiger partial charge on any atom is -0.305 e. The standard InChI is InChI=1S/C15H23N5/c1-3-19-10-7-13(8-11-19)16-12(2)15-18-17-14-6-4-5-9-20(14)15/h4-6,9,12-13,16H,3,7-8,10-11H2,1-2H3. The van der Waals surface area contributed by atoms with Crippen LogP contribution >= 0.6 is 0 Å². The monoisotopic (exact) mass is 273 g/mol. The zero-order valence-electron chi connectivity index (χ0n) is 12.3. The highest BCUT2D eigenvalue weighted by Gasteiger charge is 2.21. The lowest BCUT2D eigenvalue weighted by atomic mass is 10.0. The van der Waals surface area contributed by atoms with Crippen LogP contribution in [0, 0.1) is 0 Å². The zero-order valence-corrected chi connectivity index (χ0v) is 12.3. The van der Waals surface area contributed by atoms with E-state index in [0.717, 1.165) is 18.0 Å². The molecule has 0 saturated carbocycles. The summed E-state index contributed by atoms with van der Waals surface area (Å²) in [6, 6.07) is 6.82. The van der Waals surface area contributed by atoms with Crippen LogP contribution in [0.25, 0.3) is 5.65 Å². The molecule has 5 nitrogen and oxygen atoms in total. The van der Waals surface area contributed by atoms with Crippen LogP contribution in [0.3, 0.4) is 0 Å². The van der Waals surface area contributed by atoms with Crippen molar-refractivity contribution in [2.75, 3.05) is 19.6 Å². The van der Waals surface area contributed by atoms with Gasteiger partial charge in [-0.25, -0.2) is 0 Å². The van der Waals surface area contributed by atoms with Gasteiger partial charge in [-0.15, -0.1) is 10.2 Å². The summed E-state index contributed by atoms with van der Waals surface area (Å²) in [6.07, 6.45) is 4.46. The number of nitrogens with zero attached hydrogens (tertiary/aromatic N) is 4. The van der Waals surface area contributed by atoms with Crippen LogP contribution in [-0.2, 0) is 0 Å². The average Bonchev–Trinajstić information content (AvgIpc) is 2.92. The molecule has 1 saturated heterocycles. The first-order chi connectivity index (χ1) is 9.78. The van der Waals surface area contributed by atoms with Crippen molar-refractivity contribution < 1.29 is 0 Å². The number of nitrogens with one attached hydrogen (secondary N) is 1. The van der Waals surface area contributed by atoms with Gasteiger partial charge in [-0.2, -0.15) is 0 Å². The van der Waals surface area contributed by atoms with E-state index in [1.807, 2.05) is 24.4 Å². The molecule has 2 aromatic heterocycles. The molecular formula is C15H23N5. The number of hydrogen-bond acceptors (Lipinski definition) is 4. The van der Waals surface area contributed by atoms with Crippen LogP contribution < -0.4 is 5.32 Å². The molecule has 20 heavy (non-hydrogen) atoms. The van der Waals surface area contributed by atoms with Crippen LogP contribution in [0.2, 0.25) is 0 Å². The summed E-state index contributed by atoms with van der Waals surface area (Å²) in [7, 11) is 0. The second-order valence-corrected chi connectivity index (χ2v) is 5.58. The SMILES string of the molecule is CCN1CCC(NC(C)c2nnc3ccccn23)CC1. The summed E-state index contributed by atoms with van der Waals surface area (Å²) in [5.41, 5.74) is 0.914. The molecule has 2 aromatic rings. The van der Waals surface area contributed by atoms with Gasteiger partial charge in [-0.05, 0) is 51.5 Å². The fraction of sp³-hybridized carbons (Fsp3) is 0.600. The van der Waals surface area contributed by atoms with E-state index in [1.54, 1.807) is 0 Å². The number of likely N-dealkylation sites (tertiary alicyclic amines) is 1. The molecule has 0 bridgehead atoms. The highest BCUT2D eigenvalue weighted by Crippen LogP contribution is 2.16. The number of rotatable bonds is 4. The molecule has 0 aromatic carbocycles. The topological polar surface area (TPSA) is 45.5 Å². The van der Waals surface area contributed by atoms with Crippen molar-refractivity contribution in [3.05, 3.63) is 30.2 Å². The second-order valence-electron chi connectivity index (χ2n) is 5.58. The fourth-order valence-corrected chi connectivity index (χ4v) is 3.00. The molecule has 1 atom stereocenters. The first-order valence-corrected chi connectivity index (χ1v) is 7.56. The van der Waals surface area contributed by atoms with Gasteiger partial charge in [-0.3, -0.25) is 4.40 Å². The first-order valence-electron chi connectivity index (χ1n) is 7.56. The number of hydrogen-bond donors (Lipinski definition) is 1. The molecule has 108 valence electrons. The third-order valence-electron chi connectivity index (χ3n) is 4.25. The summed E-state index contributed by atoms with van der Waals surface area (Å²) in [6.45, 7) is 7.97. The quantitative estimate of drug-likeness (QED) is 0.923. The van der Waals surface area contributed by atoms with E-state index in [1.165, 1.54) is 25.9 Å². The maximum absolute atomic E-state index is 4.33. The summed E-state index contributed by atoms with van der Waals surface area (Å²) in [4.78, 5) is 2.51. The molecule has 1 aliphatic heterocycles. The Balaban J connectivity index is 1.66. The fourth-order valence-electron chi connectivity index (χ4n) is 3.00. The average molecular weight is 273 g/mol. The maximum atomic E-state index is 4.33. The Labute approximate surface area is 120 Å². The maximum Gasteiger partial charge on any atom is 0.160 e. The van der Waals surface area contributed by atoms with Crippen LogP contribution in [0.5, 0.6) is 0 Å². The number of piperidine rings is 1. The van der Waals surface area contributed by atoms with Crippen molar-refractivity contribution in [3.8, 4) is 0 Å². The number of pyridine rings is 1. The number of fused-ring (bicyclic) bond motifs is 1. The largest absolute Gasteiger partial charge is 0.305 e.